The number of halogens is 1. The molecule has 0 saturated heterocycles. The van der Waals surface area contributed by atoms with Crippen molar-refractivity contribution in [2.45, 2.75) is 11.8 Å². The van der Waals surface area contributed by atoms with Crippen LogP contribution in [0.4, 0.5) is 0 Å². The van der Waals surface area contributed by atoms with Gasteiger partial charge in [0.2, 0.25) is 0 Å². The minimum atomic E-state index is 0.683. The Morgan fingerprint density at radius 2 is 1.90 bits per heavy atom. The summed E-state index contributed by atoms with van der Waals surface area (Å²) in [5, 5.41) is 0. The molecular weight excluding hydrogens is 332 g/mol. The van der Waals surface area contributed by atoms with E-state index in [9.17, 15) is 0 Å². The van der Waals surface area contributed by atoms with Gasteiger partial charge in [0.1, 0.15) is 5.75 Å². The first-order chi connectivity index (χ1) is 9.65. The second kappa shape index (κ2) is 7.00. The summed E-state index contributed by atoms with van der Waals surface area (Å²) >= 11 is 5.26. The van der Waals surface area contributed by atoms with Gasteiger partial charge in [-0.1, -0.05) is 34.6 Å². The maximum absolute atomic E-state index is 5.47. The van der Waals surface area contributed by atoms with Crippen LogP contribution in [0.25, 0.3) is 5.57 Å². The standard InChI is InChI=1S/C17H17BrOS/c1-4-19-15-8-5-13(6-9-15)12(2)16-11-14(18)7-10-17(16)20-3/h5-11H,2,4H2,1,3H3. The number of benzene rings is 2. The Kier molecular flexibility index (Phi) is 5.32. The lowest BCUT2D eigenvalue weighted by atomic mass is 9.99. The highest BCUT2D eigenvalue weighted by Crippen LogP contribution is 2.32. The molecule has 0 amide bonds. The summed E-state index contributed by atoms with van der Waals surface area (Å²) in [7, 11) is 0. The molecule has 3 heteroatoms. The van der Waals surface area contributed by atoms with Crippen LogP contribution in [0.15, 0.2) is 58.4 Å². The predicted octanol–water partition coefficient (Wildman–Crippen LogP) is 5.63. The zero-order valence-electron chi connectivity index (χ0n) is 11.7. The maximum atomic E-state index is 5.47. The molecule has 0 radical (unpaired) electrons. The van der Waals surface area contributed by atoms with E-state index in [1.807, 2.05) is 19.1 Å². The molecule has 0 aliphatic carbocycles. The number of hydrogen-bond donors (Lipinski definition) is 0. The Hall–Kier alpha value is -1.19. The molecule has 2 aromatic rings. The Labute approximate surface area is 133 Å². The molecule has 0 aliphatic heterocycles. The van der Waals surface area contributed by atoms with Gasteiger partial charge in [-0.05, 0) is 60.2 Å². The summed E-state index contributed by atoms with van der Waals surface area (Å²) in [5.74, 6) is 0.892. The van der Waals surface area contributed by atoms with Crippen molar-refractivity contribution < 1.29 is 4.74 Å². The molecule has 0 heterocycles. The Morgan fingerprint density at radius 3 is 2.50 bits per heavy atom. The lowest BCUT2D eigenvalue weighted by molar-refractivity contribution is 0.340. The number of ether oxygens (including phenoxy) is 1. The minimum absolute atomic E-state index is 0.683. The van der Waals surface area contributed by atoms with Gasteiger partial charge in [-0.15, -0.1) is 11.8 Å². The molecule has 20 heavy (non-hydrogen) atoms. The summed E-state index contributed by atoms with van der Waals surface area (Å²) in [6.07, 6.45) is 2.08. The van der Waals surface area contributed by atoms with Gasteiger partial charge in [-0.2, -0.15) is 0 Å². The molecule has 0 saturated carbocycles. The zero-order valence-corrected chi connectivity index (χ0v) is 14.1. The molecule has 2 aromatic carbocycles. The van der Waals surface area contributed by atoms with E-state index in [4.69, 9.17) is 4.74 Å². The predicted molar refractivity (Wildman–Crippen MR) is 91.7 cm³/mol. The highest BCUT2D eigenvalue weighted by atomic mass is 79.9. The van der Waals surface area contributed by atoms with Crippen LogP contribution in [0.3, 0.4) is 0 Å². The Morgan fingerprint density at radius 1 is 1.20 bits per heavy atom. The molecule has 0 unspecified atom stereocenters. The summed E-state index contributed by atoms with van der Waals surface area (Å²) in [6, 6.07) is 14.4. The summed E-state index contributed by atoms with van der Waals surface area (Å²) in [6.45, 7) is 6.91. The number of rotatable bonds is 5. The van der Waals surface area contributed by atoms with Crippen LogP contribution in [0.5, 0.6) is 5.75 Å². The van der Waals surface area contributed by atoms with Gasteiger partial charge in [0.25, 0.3) is 0 Å². The highest BCUT2D eigenvalue weighted by molar-refractivity contribution is 9.10. The van der Waals surface area contributed by atoms with E-state index in [1.165, 1.54) is 4.90 Å². The van der Waals surface area contributed by atoms with Crippen molar-refractivity contribution in [3.63, 3.8) is 0 Å². The third-order valence-corrected chi connectivity index (χ3v) is 4.29. The van der Waals surface area contributed by atoms with Gasteiger partial charge in [0, 0.05) is 9.37 Å². The van der Waals surface area contributed by atoms with E-state index in [0.29, 0.717) is 6.61 Å². The van der Waals surface area contributed by atoms with E-state index < -0.39 is 0 Å². The van der Waals surface area contributed by atoms with E-state index in [2.05, 4.69) is 59.1 Å². The minimum Gasteiger partial charge on any atom is -0.494 e. The largest absolute Gasteiger partial charge is 0.494 e. The first-order valence-electron chi connectivity index (χ1n) is 6.41. The van der Waals surface area contributed by atoms with Crippen LogP contribution < -0.4 is 4.74 Å². The summed E-state index contributed by atoms with van der Waals surface area (Å²) < 4.78 is 6.54. The van der Waals surface area contributed by atoms with E-state index in [0.717, 1.165) is 26.9 Å². The lowest BCUT2D eigenvalue weighted by Gasteiger charge is -2.12. The van der Waals surface area contributed by atoms with Gasteiger partial charge in [0.15, 0.2) is 0 Å². The van der Waals surface area contributed by atoms with Crippen LogP contribution in [0.1, 0.15) is 18.1 Å². The van der Waals surface area contributed by atoms with Crippen LogP contribution in [-0.4, -0.2) is 12.9 Å². The highest BCUT2D eigenvalue weighted by Gasteiger charge is 2.08. The molecular formula is C17H17BrOS. The molecule has 0 atom stereocenters. The molecule has 0 N–H and O–H groups in total. The third kappa shape index (κ3) is 3.47. The Bertz CT molecular complexity index is 605. The van der Waals surface area contributed by atoms with Crippen LogP contribution >= 0.6 is 27.7 Å². The summed E-state index contributed by atoms with van der Waals surface area (Å²) in [4.78, 5) is 1.23. The van der Waals surface area contributed by atoms with Crippen LogP contribution in [0, 0.1) is 0 Å². The van der Waals surface area contributed by atoms with Gasteiger partial charge >= 0.3 is 0 Å². The van der Waals surface area contributed by atoms with E-state index in [-0.39, 0.29) is 0 Å². The van der Waals surface area contributed by atoms with Crippen molar-refractivity contribution in [1.29, 1.82) is 0 Å². The smallest absolute Gasteiger partial charge is 0.119 e. The average molecular weight is 349 g/mol. The SMILES string of the molecule is C=C(c1ccc(OCC)cc1)c1cc(Br)ccc1SC. The summed E-state index contributed by atoms with van der Waals surface area (Å²) in [5.41, 5.74) is 3.30. The van der Waals surface area contributed by atoms with Gasteiger partial charge in [-0.25, -0.2) is 0 Å². The second-order valence-corrected chi connectivity index (χ2v) is 6.04. The van der Waals surface area contributed by atoms with Crippen molar-refractivity contribution in [3.8, 4) is 5.75 Å². The number of thioether (sulfide) groups is 1. The van der Waals surface area contributed by atoms with Gasteiger partial charge in [0.05, 0.1) is 6.61 Å². The fourth-order valence-electron chi connectivity index (χ4n) is 1.99. The number of hydrogen-bond acceptors (Lipinski definition) is 2. The van der Waals surface area contributed by atoms with Crippen LogP contribution in [0.2, 0.25) is 0 Å². The van der Waals surface area contributed by atoms with Crippen molar-refractivity contribution in [1.82, 2.24) is 0 Å². The quantitative estimate of drug-likeness (QED) is 0.647. The van der Waals surface area contributed by atoms with Crippen molar-refractivity contribution >= 4 is 33.3 Å². The maximum Gasteiger partial charge on any atom is 0.119 e. The average Bonchev–Trinajstić information content (AvgIpc) is 2.47. The second-order valence-electron chi connectivity index (χ2n) is 4.28. The van der Waals surface area contributed by atoms with Gasteiger partial charge < -0.3 is 4.74 Å². The lowest BCUT2D eigenvalue weighted by Crippen LogP contribution is -1.93. The first-order valence-corrected chi connectivity index (χ1v) is 8.43. The molecule has 104 valence electrons. The first kappa shape index (κ1) is 15.2. The molecule has 0 spiro atoms. The fraction of sp³-hybridized carbons (Fsp3) is 0.176. The zero-order chi connectivity index (χ0) is 14.5. The van der Waals surface area contributed by atoms with E-state index >= 15 is 0 Å². The topological polar surface area (TPSA) is 9.23 Å². The normalized spacial score (nSPS) is 10.3. The van der Waals surface area contributed by atoms with Crippen molar-refractivity contribution in [3.05, 3.63) is 64.6 Å². The molecule has 0 aromatic heterocycles. The fourth-order valence-corrected chi connectivity index (χ4v) is 2.96. The molecule has 2 rings (SSSR count). The van der Waals surface area contributed by atoms with Gasteiger partial charge in [-0.3, -0.25) is 0 Å². The van der Waals surface area contributed by atoms with Crippen molar-refractivity contribution in [2.75, 3.05) is 12.9 Å². The molecule has 0 aliphatic rings. The molecule has 0 bridgehead atoms. The van der Waals surface area contributed by atoms with Crippen LogP contribution in [-0.2, 0) is 0 Å². The third-order valence-electron chi connectivity index (χ3n) is 3.00. The molecule has 1 nitrogen and oxygen atoms in total. The van der Waals surface area contributed by atoms with Crippen molar-refractivity contribution in [2.24, 2.45) is 0 Å². The Balaban J connectivity index is 2.33. The monoisotopic (exact) mass is 348 g/mol. The molecule has 0 fully saturated rings. The van der Waals surface area contributed by atoms with E-state index in [1.54, 1.807) is 11.8 Å².